The molecule has 4 heteroatoms. The second-order valence-corrected chi connectivity index (χ2v) is 7.76. The number of piperazine rings is 1. The molecule has 2 rings (SSSR count). The van der Waals surface area contributed by atoms with Crippen LogP contribution >= 0.6 is 15.9 Å². The molecule has 1 saturated heterocycles. The Hall–Kier alpha value is -0.580. The van der Waals surface area contributed by atoms with Crippen molar-refractivity contribution in [2.45, 2.75) is 51.7 Å². The van der Waals surface area contributed by atoms with Crippen molar-refractivity contribution in [3.05, 3.63) is 28.2 Å². The third-order valence-corrected chi connectivity index (χ3v) is 5.45. The van der Waals surface area contributed by atoms with Gasteiger partial charge in [0.25, 0.3) is 0 Å². The summed E-state index contributed by atoms with van der Waals surface area (Å²) in [5.74, 6) is 0.917. The summed E-state index contributed by atoms with van der Waals surface area (Å²) in [7, 11) is 1.72. The standard InChI is InChI=1S/C17H27BrN2O/c1-6-17(4)11-19-16(2,3)12-20(17)10-13-9-14(21-5)7-8-15(13)18/h7-9,19H,6,10-12H2,1-5H3. The summed E-state index contributed by atoms with van der Waals surface area (Å²) in [5, 5.41) is 3.67. The molecule has 0 bridgehead atoms. The highest BCUT2D eigenvalue weighted by Crippen LogP contribution is 2.31. The van der Waals surface area contributed by atoms with E-state index < -0.39 is 0 Å². The summed E-state index contributed by atoms with van der Waals surface area (Å²) in [4.78, 5) is 2.60. The van der Waals surface area contributed by atoms with Crippen molar-refractivity contribution in [3.8, 4) is 5.75 Å². The zero-order chi connectivity index (χ0) is 15.7. The molecule has 1 aromatic rings. The van der Waals surface area contributed by atoms with Crippen molar-refractivity contribution in [3.63, 3.8) is 0 Å². The lowest BCUT2D eigenvalue weighted by Crippen LogP contribution is -2.66. The maximum absolute atomic E-state index is 5.37. The number of halogens is 1. The molecule has 0 spiro atoms. The lowest BCUT2D eigenvalue weighted by atomic mass is 9.87. The molecule has 1 N–H and O–H groups in total. The van der Waals surface area contributed by atoms with Gasteiger partial charge in [0.05, 0.1) is 7.11 Å². The molecular weight excluding hydrogens is 328 g/mol. The van der Waals surface area contributed by atoms with Gasteiger partial charge in [-0.25, -0.2) is 0 Å². The Morgan fingerprint density at radius 1 is 1.33 bits per heavy atom. The van der Waals surface area contributed by atoms with E-state index in [0.717, 1.165) is 36.3 Å². The number of nitrogens with one attached hydrogen (secondary N) is 1. The van der Waals surface area contributed by atoms with E-state index in [0.29, 0.717) is 0 Å². The quantitative estimate of drug-likeness (QED) is 0.889. The van der Waals surface area contributed by atoms with Gasteiger partial charge in [0, 0.05) is 35.2 Å². The Morgan fingerprint density at radius 2 is 2.05 bits per heavy atom. The molecule has 1 unspecified atom stereocenters. The first-order valence-corrected chi connectivity index (χ1v) is 8.41. The molecule has 3 nitrogen and oxygen atoms in total. The van der Waals surface area contributed by atoms with Crippen molar-refractivity contribution in [1.29, 1.82) is 0 Å². The number of nitrogens with zero attached hydrogens (tertiary/aromatic N) is 1. The summed E-state index contributed by atoms with van der Waals surface area (Å²) >= 11 is 3.68. The number of ether oxygens (including phenoxy) is 1. The smallest absolute Gasteiger partial charge is 0.119 e. The van der Waals surface area contributed by atoms with Gasteiger partial charge >= 0.3 is 0 Å². The molecule has 1 fully saturated rings. The minimum Gasteiger partial charge on any atom is -0.497 e. The third-order valence-electron chi connectivity index (χ3n) is 4.67. The molecule has 1 aliphatic heterocycles. The van der Waals surface area contributed by atoms with Crippen LogP contribution < -0.4 is 10.1 Å². The van der Waals surface area contributed by atoms with Gasteiger partial charge in [-0.05, 0) is 51.0 Å². The van der Waals surface area contributed by atoms with Crippen LogP contribution in [0.4, 0.5) is 0 Å². The number of methoxy groups -OCH3 is 1. The van der Waals surface area contributed by atoms with Crippen molar-refractivity contribution >= 4 is 15.9 Å². The number of rotatable bonds is 4. The fraction of sp³-hybridized carbons (Fsp3) is 0.647. The predicted molar refractivity (Wildman–Crippen MR) is 91.9 cm³/mol. The van der Waals surface area contributed by atoms with E-state index >= 15 is 0 Å². The van der Waals surface area contributed by atoms with Crippen LogP contribution in [0.3, 0.4) is 0 Å². The van der Waals surface area contributed by atoms with Gasteiger partial charge in [-0.3, -0.25) is 4.90 Å². The van der Waals surface area contributed by atoms with E-state index in [1.54, 1.807) is 7.11 Å². The van der Waals surface area contributed by atoms with E-state index in [9.17, 15) is 0 Å². The van der Waals surface area contributed by atoms with Gasteiger partial charge in [0.1, 0.15) is 5.75 Å². The Balaban J connectivity index is 2.26. The number of hydrogen-bond acceptors (Lipinski definition) is 3. The van der Waals surface area contributed by atoms with Crippen LogP contribution in [0, 0.1) is 0 Å². The molecule has 1 aliphatic rings. The Bertz CT molecular complexity index is 504. The summed E-state index contributed by atoms with van der Waals surface area (Å²) in [6.07, 6.45) is 1.14. The van der Waals surface area contributed by atoms with Crippen LogP contribution in [-0.2, 0) is 6.54 Å². The summed E-state index contributed by atoms with van der Waals surface area (Å²) in [6.45, 7) is 12.2. The number of benzene rings is 1. The highest BCUT2D eigenvalue weighted by atomic mass is 79.9. The second-order valence-electron chi connectivity index (χ2n) is 6.90. The van der Waals surface area contributed by atoms with Crippen molar-refractivity contribution < 1.29 is 4.74 Å². The lowest BCUT2D eigenvalue weighted by Gasteiger charge is -2.51. The molecule has 0 radical (unpaired) electrons. The van der Waals surface area contributed by atoms with Crippen molar-refractivity contribution in [1.82, 2.24) is 10.2 Å². The topological polar surface area (TPSA) is 24.5 Å². The normalized spacial score (nSPS) is 25.8. The molecule has 21 heavy (non-hydrogen) atoms. The zero-order valence-corrected chi connectivity index (χ0v) is 15.4. The van der Waals surface area contributed by atoms with Crippen LogP contribution in [0.5, 0.6) is 5.75 Å². The predicted octanol–water partition coefficient (Wildman–Crippen LogP) is 3.81. The maximum atomic E-state index is 5.37. The highest BCUT2D eigenvalue weighted by Gasteiger charge is 2.39. The van der Waals surface area contributed by atoms with Crippen LogP contribution in [0.15, 0.2) is 22.7 Å². The highest BCUT2D eigenvalue weighted by molar-refractivity contribution is 9.10. The SMILES string of the molecule is CCC1(C)CNC(C)(C)CN1Cc1cc(OC)ccc1Br. The average Bonchev–Trinajstić information content (AvgIpc) is 2.45. The Morgan fingerprint density at radius 3 is 2.67 bits per heavy atom. The van der Waals surface area contributed by atoms with Gasteiger partial charge in [0.2, 0.25) is 0 Å². The third kappa shape index (κ3) is 3.79. The summed E-state index contributed by atoms with van der Waals surface area (Å²) in [5.41, 5.74) is 1.63. The van der Waals surface area contributed by atoms with Gasteiger partial charge in [0.15, 0.2) is 0 Å². The molecular formula is C17H27BrN2O. The van der Waals surface area contributed by atoms with E-state index in [-0.39, 0.29) is 11.1 Å². The Kier molecular flexibility index (Phi) is 5.01. The molecule has 118 valence electrons. The molecule has 0 aromatic heterocycles. The minimum atomic E-state index is 0.153. The molecule has 0 aliphatic carbocycles. The van der Waals surface area contributed by atoms with Crippen LogP contribution in [0.1, 0.15) is 39.7 Å². The minimum absolute atomic E-state index is 0.153. The van der Waals surface area contributed by atoms with Gasteiger partial charge in [-0.2, -0.15) is 0 Å². The van der Waals surface area contributed by atoms with E-state index in [1.807, 2.05) is 6.07 Å². The zero-order valence-electron chi connectivity index (χ0n) is 13.8. The summed E-state index contributed by atoms with van der Waals surface area (Å²) < 4.78 is 6.52. The van der Waals surface area contributed by atoms with Gasteiger partial charge in [-0.15, -0.1) is 0 Å². The largest absolute Gasteiger partial charge is 0.497 e. The van der Waals surface area contributed by atoms with E-state index in [4.69, 9.17) is 4.74 Å². The van der Waals surface area contributed by atoms with Gasteiger partial charge < -0.3 is 10.1 Å². The maximum Gasteiger partial charge on any atom is 0.119 e. The van der Waals surface area contributed by atoms with E-state index in [2.05, 4.69) is 66.0 Å². The fourth-order valence-electron chi connectivity index (χ4n) is 2.87. The lowest BCUT2D eigenvalue weighted by molar-refractivity contribution is 0.0173. The number of hydrogen-bond donors (Lipinski definition) is 1. The van der Waals surface area contributed by atoms with Crippen molar-refractivity contribution in [2.75, 3.05) is 20.2 Å². The molecule has 0 amide bonds. The second kappa shape index (κ2) is 6.27. The first-order valence-electron chi connectivity index (χ1n) is 7.62. The van der Waals surface area contributed by atoms with Gasteiger partial charge in [-0.1, -0.05) is 22.9 Å². The van der Waals surface area contributed by atoms with Crippen LogP contribution in [-0.4, -0.2) is 36.2 Å². The molecule has 0 saturated carbocycles. The van der Waals surface area contributed by atoms with Crippen molar-refractivity contribution in [2.24, 2.45) is 0 Å². The van der Waals surface area contributed by atoms with Crippen LogP contribution in [0.25, 0.3) is 0 Å². The Labute approximate surface area is 137 Å². The fourth-order valence-corrected chi connectivity index (χ4v) is 3.24. The average molecular weight is 355 g/mol. The summed E-state index contributed by atoms with van der Waals surface area (Å²) in [6, 6.07) is 6.20. The molecule has 1 heterocycles. The first-order chi connectivity index (χ1) is 9.79. The molecule has 1 aromatic carbocycles. The van der Waals surface area contributed by atoms with E-state index in [1.165, 1.54) is 5.56 Å². The molecule has 1 atom stereocenters. The monoisotopic (exact) mass is 354 g/mol. The first kappa shape index (κ1) is 16.8. The van der Waals surface area contributed by atoms with Crippen LogP contribution in [0.2, 0.25) is 0 Å².